The van der Waals surface area contributed by atoms with Gasteiger partial charge in [-0.15, -0.1) is 0 Å². The topological polar surface area (TPSA) is 133 Å². The molecule has 33 heavy (non-hydrogen) atoms. The zero-order valence-corrected chi connectivity index (χ0v) is 21.1. The SMILES string of the molecule is CSSC(C)(C)CCC(=O)CCC(=O)NCC(=O)CCC(=O)Nc1cc(CO)cc(CO)c1. The second-order valence-corrected chi connectivity index (χ2v) is 11.4. The predicted octanol–water partition coefficient (Wildman–Crippen LogP) is 2.99. The molecule has 0 aromatic heterocycles. The first-order chi connectivity index (χ1) is 15.6. The molecule has 0 unspecified atom stereocenters. The maximum Gasteiger partial charge on any atom is 0.224 e. The molecule has 2 amide bonds. The summed E-state index contributed by atoms with van der Waals surface area (Å²) in [4.78, 5) is 48.0. The van der Waals surface area contributed by atoms with Crippen molar-refractivity contribution < 1.29 is 29.4 Å². The van der Waals surface area contributed by atoms with Crippen molar-refractivity contribution in [3.05, 3.63) is 29.3 Å². The number of carbonyl (C=O) groups excluding carboxylic acids is 4. The van der Waals surface area contributed by atoms with Crippen molar-refractivity contribution >= 4 is 50.7 Å². The minimum atomic E-state index is -0.387. The summed E-state index contributed by atoms with van der Waals surface area (Å²) >= 11 is 0. The van der Waals surface area contributed by atoms with Crippen LogP contribution in [0.5, 0.6) is 0 Å². The molecule has 184 valence electrons. The third-order valence-electron chi connectivity index (χ3n) is 4.76. The van der Waals surface area contributed by atoms with Crippen LogP contribution >= 0.6 is 21.6 Å². The zero-order chi connectivity index (χ0) is 24.9. The number of Topliss-reactive ketones (excluding diaryl/α,β-unsaturated/α-hetero) is 2. The summed E-state index contributed by atoms with van der Waals surface area (Å²) < 4.78 is -0.00119. The molecule has 0 bridgehead atoms. The highest BCUT2D eigenvalue weighted by Crippen LogP contribution is 2.37. The lowest BCUT2D eigenvalue weighted by molar-refractivity contribution is -0.127. The van der Waals surface area contributed by atoms with Crippen molar-refractivity contribution in [3.8, 4) is 0 Å². The summed E-state index contributed by atoms with van der Waals surface area (Å²) in [5.74, 6) is -1.02. The van der Waals surface area contributed by atoms with E-state index in [1.165, 1.54) is 0 Å². The highest BCUT2D eigenvalue weighted by molar-refractivity contribution is 8.76. The van der Waals surface area contributed by atoms with E-state index in [9.17, 15) is 29.4 Å². The Hall–Kier alpha value is -1.88. The number of amides is 2. The highest BCUT2D eigenvalue weighted by atomic mass is 33.1. The van der Waals surface area contributed by atoms with Crippen LogP contribution in [-0.2, 0) is 32.4 Å². The molecule has 1 aromatic rings. The minimum Gasteiger partial charge on any atom is -0.392 e. The second-order valence-electron chi connectivity index (χ2n) is 8.27. The van der Waals surface area contributed by atoms with E-state index in [2.05, 4.69) is 24.5 Å². The van der Waals surface area contributed by atoms with E-state index < -0.39 is 0 Å². The van der Waals surface area contributed by atoms with Crippen LogP contribution < -0.4 is 10.6 Å². The van der Waals surface area contributed by atoms with Crippen molar-refractivity contribution in [2.75, 3.05) is 18.1 Å². The molecule has 0 radical (unpaired) electrons. The van der Waals surface area contributed by atoms with Gasteiger partial charge in [-0.05, 0) is 49.8 Å². The van der Waals surface area contributed by atoms with E-state index in [1.54, 1.807) is 39.8 Å². The Labute approximate surface area is 203 Å². The van der Waals surface area contributed by atoms with Gasteiger partial charge < -0.3 is 20.8 Å². The number of carbonyl (C=O) groups is 4. The van der Waals surface area contributed by atoms with Gasteiger partial charge >= 0.3 is 0 Å². The van der Waals surface area contributed by atoms with Gasteiger partial charge in [0, 0.05) is 42.5 Å². The summed E-state index contributed by atoms with van der Waals surface area (Å²) in [7, 11) is 3.38. The number of rotatable bonds is 16. The average Bonchev–Trinajstić information content (AvgIpc) is 2.78. The summed E-state index contributed by atoms with van der Waals surface area (Å²) in [5.41, 5.74) is 1.53. The Kier molecular flexibility index (Phi) is 13.3. The Morgan fingerprint density at radius 3 is 2.00 bits per heavy atom. The smallest absolute Gasteiger partial charge is 0.224 e. The van der Waals surface area contributed by atoms with Gasteiger partial charge in [0.25, 0.3) is 0 Å². The number of anilines is 1. The monoisotopic (exact) mass is 498 g/mol. The predicted molar refractivity (Wildman–Crippen MR) is 133 cm³/mol. The second kappa shape index (κ2) is 15.1. The first-order valence-corrected chi connectivity index (χ1v) is 13.3. The number of benzene rings is 1. The molecule has 0 aliphatic rings. The van der Waals surface area contributed by atoms with Crippen molar-refractivity contribution in [2.24, 2.45) is 0 Å². The fraction of sp³-hybridized carbons (Fsp3) is 0.565. The fourth-order valence-electron chi connectivity index (χ4n) is 2.95. The Bertz CT molecular complexity index is 807. The molecule has 0 saturated carbocycles. The standard InChI is InChI=1S/C23H34N2O6S2/c1-23(2,33-32-3)9-8-19(28)4-6-21(30)24-13-20(29)5-7-22(31)25-18-11-16(14-26)10-17(12-18)15-27/h10-12,26-27H,4-9,13-15H2,1-3H3,(H,24,30)(H,25,31). The van der Waals surface area contributed by atoms with Crippen molar-refractivity contribution in [3.63, 3.8) is 0 Å². The van der Waals surface area contributed by atoms with Crippen molar-refractivity contribution in [1.29, 1.82) is 0 Å². The van der Waals surface area contributed by atoms with Gasteiger partial charge in [-0.2, -0.15) is 0 Å². The van der Waals surface area contributed by atoms with Crippen LogP contribution in [0.15, 0.2) is 18.2 Å². The molecule has 0 saturated heterocycles. The zero-order valence-electron chi connectivity index (χ0n) is 19.4. The van der Waals surface area contributed by atoms with E-state index in [1.807, 2.05) is 6.26 Å². The van der Waals surface area contributed by atoms with E-state index in [4.69, 9.17) is 0 Å². The van der Waals surface area contributed by atoms with E-state index in [0.717, 1.165) is 6.42 Å². The molecule has 0 spiro atoms. The molecule has 0 aliphatic heterocycles. The van der Waals surface area contributed by atoms with E-state index >= 15 is 0 Å². The van der Waals surface area contributed by atoms with Crippen LogP contribution in [0.4, 0.5) is 5.69 Å². The molecule has 10 heteroatoms. The summed E-state index contributed by atoms with van der Waals surface area (Å²) in [6.07, 6.45) is 3.24. The molecule has 0 aliphatic carbocycles. The summed E-state index contributed by atoms with van der Waals surface area (Å²) in [5, 5.41) is 23.6. The van der Waals surface area contributed by atoms with Gasteiger partial charge in [-0.1, -0.05) is 27.7 Å². The molecule has 0 fully saturated rings. The molecule has 1 aromatic carbocycles. The quantitative estimate of drug-likeness (QED) is 0.256. The molecular formula is C23H34N2O6S2. The van der Waals surface area contributed by atoms with E-state index in [-0.39, 0.29) is 73.6 Å². The number of aliphatic hydroxyl groups excluding tert-OH is 2. The first-order valence-electron chi connectivity index (χ1n) is 10.7. The number of ketones is 2. The number of hydrogen-bond acceptors (Lipinski definition) is 8. The summed E-state index contributed by atoms with van der Waals surface area (Å²) in [6.45, 7) is 3.52. The lowest BCUT2D eigenvalue weighted by Gasteiger charge is -2.21. The number of aliphatic hydroxyl groups is 2. The van der Waals surface area contributed by atoms with E-state index in [0.29, 0.717) is 23.2 Å². The van der Waals surface area contributed by atoms with Crippen LogP contribution in [0.1, 0.15) is 63.5 Å². The summed E-state index contributed by atoms with van der Waals surface area (Å²) in [6, 6.07) is 4.80. The van der Waals surface area contributed by atoms with Gasteiger partial charge in [0.15, 0.2) is 5.78 Å². The largest absolute Gasteiger partial charge is 0.392 e. The number of nitrogens with one attached hydrogen (secondary N) is 2. The normalized spacial score (nSPS) is 11.2. The lowest BCUT2D eigenvalue weighted by atomic mass is 10.0. The Morgan fingerprint density at radius 1 is 0.848 bits per heavy atom. The fourth-order valence-corrected chi connectivity index (χ4v) is 5.19. The highest BCUT2D eigenvalue weighted by Gasteiger charge is 2.20. The number of hydrogen-bond donors (Lipinski definition) is 4. The van der Waals surface area contributed by atoms with Crippen LogP contribution in [0.2, 0.25) is 0 Å². The van der Waals surface area contributed by atoms with Crippen LogP contribution in [0.3, 0.4) is 0 Å². The average molecular weight is 499 g/mol. The van der Waals surface area contributed by atoms with Crippen LogP contribution in [0, 0.1) is 0 Å². The third-order valence-corrected chi connectivity index (χ3v) is 7.44. The van der Waals surface area contributed by atoms with Crippen molar-refractivity contribution in [2.45, 2.75) is 70.3 Å². The van der Waals surface area contributed by atoms with Gasteiger partial charge in [-0.25, -0.2) is 0 Å². The lowest BCUT2D eigenvalue weighted by Crippen LogP contribution is -2.30. The van der Waals surface area contributed by atoms with Crippen LogP contribution in [0.25, 0.3) is 0 Å². The molecule has 8 nitrogen and oxygen atoms in total. The van der Waals surface area contributed by atoms with Crippen molar-refractivity contribution in [1.82, 2.24) is 5.32 Å². The Morgan fingerprint density at radius 2 is 1.42 bits per heavy atom. The maximum absolute atomic E-state index is 12.1. The van der Waals surface area contributed by atoms with Gasteiger partial charge in [0.2, 0.25) is 11.8 Å². The molecule has 4 N–H and O–H groups in total. The van der Waals surface area contributed by atoms with Gasteiger partial charge in [0.05, 0.1) is 19.8 Å². The minimum absolute atomic E-state index is 0.00119. The molecule has 1 rings (SSSR count). The van der Waals surface area contributed by atoms with Crippen LogP contribution in [-0.4, -0.2) is 51.1 Å². The van der Waals surface area contributed by atoms with Gasteiger partial charge in [-0.3, -0.25) is 19.2 Å². The first kappa shape index (κ1) is 29.2. The molecular weight excluding hydrogens is 464 g/mol. The maximum atomic E-state index is 12.1. The molecule has 0 atom stereocenters. The van der Waals surface area contributed by atoms with Gasteiger partial charge in [0.1, 0.15) is 5.78 Å². The molecule has 0 heterocycles. The third kappa shape index (κ3) is 12.8. The Balaban J connectivity index is 2.29.